The monoisotopic (exact) mass is 339 g/mol. The fourth-order valence-corrected chi connectivity index (χ4v) is 3.02. The second kappa shape index (κ2) is 7.38. The van der Waals surface area contributed by atoms with Crippen molar-refractivity contribution in [1.82, 2.24) is 0 Å². The predicted octanol–water partition coefficient (Wildman–Crippen LogP) is 3.26. The van der Waals surface area contributed by atoms with E-state index in [1.807, 2.05) is 18.2 Å². The van der Waals surface area contributed by atoms with Crippen LogP contribution in [0.4, 0.5) is 5.69 Å². The molecule has 0 fully saturated rings. The van der Waals surface area contributed by atoms with Crippen LogP contribution in [-0.2, 0) is 11.2 Å². The van der Waals surface area contributed by atoms with Crippen molar-refractivity contribution in [3.05, 3.63) is 53.6 Å². The number of hydrogen-bond donors (Lipinski definition) is 0. The smallest absolute Gasteiger partial charge is 0.264 e. The molecule has 0 unspecified atom stereocenters. The summed E-state index contributed by atoms with van der Waals surface area (Å²) in [7, 11) is 1.51. The first-order valence-electron chi connectivity index (χ1n) is 8.30. The van der Waals surface area contributed by atoms with E-state index in [0.29, 0.717) is 23.6 Å². The van der Waals surface area contributed by atoms with E-state index in [4.69, 9.17) is 9.47 Å². The Balaban J connectivity index is 1.72. The number of carbonyl (C=O) groups excluding carboxylic acids is 2. The Kier molecular flexibility index (Phi) is 5.03. The Morgan fingerprint density at radius 2 is 1.92 bits per heavy atom. The van der Waals surface area contributed by atoms with Gasteiger partial charge in [0, 0.05) is 17.8 Å². The summed E-state index contributed by atoms with van der Waals surface area (Å²) in [4.78, 5) is 25.8. The molecule has 1 aliphatic rings. The molecule has 0 atom stereocenters. The molecule has 2 aromatic rings. The van der Waals surface area contributed by atoms with Gasteiger partial charge in [0.15, 0.2) is 23.9 Å². The zero-order valence-electron chi connectivity index (χ0n) is 14.5. The van der Waals surface area contributed by atoms with Crippen molar-refractivity contribution >= 4 is 17.4 Å². The van der Waals surface area contributed by atoms with Crippen molar-refractivity contribution in [1.29, 1.82) is 0 Å². The minimum absolute atomic E-state index is 0.0501. The van der Waals surface area contributed by atoms with Gasteiger partial charge in [0.1, 0.15) is 0 Å². The van der Waals surface area contributed by atoms with Gasteiger partial charge in [-0.2, -0.15) is 0 Å². The predicted molar refractivity (Wildman–Crippen MR) is 95.6 cm³/mol. The van der Waals surface area contributed by atoms with Gasteiger partial charge in [-0.1, -0.05) is 18.2 Å². The summed E-state index contributed by atoms with van der Waals surface area (Å²) in [6, 6.07) is 12.9. The maximum Gasteiger partial charge on any atom is 0.264 e. The van der Waals surface area contributed by atoms with Crippen LogP contribution in [0, 0.1) is 0 Å². The largest absolute Gasteiger partial charge is 0.493 e. The molecule has 1 aliphatic heterocycles. The second-order valence-corrected chi connectivity index (χ2v) is 5.99. The minimum atomic E-state index is -0.0927. The third kappa shape index (κ3) is 3.65. The molecule has 0 aromatic heterocycles. The number of ketones is 1. The van der Waals surface area contributed by atoms with Gasteiger partial charge in [0.2, 0.25) is 0 Å². The average Bonchev–Trinajstić information content (AvgIpc) is 2.65. The Hall–Kier alpha value is -2.82. The summed E-state index contributed by atoms with van der Waals surface area (Å²) in [5.74, 6) is 0.751. The molecule has 3 rings (SSSR count). The van der Waals surface area contributed by atoms with Gasteiger partial charge in [0.05, 0.1) is 7.11 Å². The Morgan fingerprint density at radius 3 is 2.68 bits per heavy atom. The van der Waals surface area contributed by atoms with Gasteiger partial charge in [-0.05, 0) is 49.6 Å². The molecule has 2 aromatic carbocycles. The Labute approximate surface area is 147 Å². The van der Waals surface area contributed by atoms with Crippen LogP contribution in [0.1, 0.15) is 29.3 Å². The highest BCUT2D eigenvalue weighted by Crippen LogP contribution is 2.29. The molecular formula is C20H21NO4. The van der Waals surface area contributed by atoms with Crippen molar-refractivity contribution in [2.45, 2.75) is 19.8 Å². The molecule has 0 N–H and O–H groups in total. The van der Waals surface area contributed by atoms with Gasteiger partial charge in [-0.3, -0.25) is 9.59 Å². The van der Waals surface area contributed by atoms with Crippen molar-refractivity contribution in [2.75, 3.05) is 25.2 Å². The molecule has 0 aliphatic carbocycles. The highest BCUT2D eigenvalue weighted by molar-refractivity contribution is 5.96. The van der Waals surface area contributed by atoms with Crippen molar-refractivity contribution < 1.29 is 19.1 Å². The lowest BCUT2D eigenvalue weighted by atomic mass is 10.0. The SMILES string of the molecule is COc1cc(C(C)=O)ccc1OCC(=O)N1CCCc2ccccc21. The van der Waals surface area contributed by atoms with E-state index in [1.165, 1.54) is 19.6 Å². The molecule has 0 spiro atoms. The van der Waals surface area contributed by atoms with Gasteiger partial charge >= 0.3 is 0 Å². The topological polar surface area (TPSA) is 55.8 Å². The number of methoxy groups -OCH3 is 1. The average molecular weight is 339 g/mol. The number of fused-ring (bicyclic) bond motifs is 1. The lowest BCUT2D eigenvalue weighted by Gasteiger charge is -2.29. The van der Waals surface area contributed by atoms with E-state index >= 15 is 0 Å². The van der Waals surface area contributed by atoms with Gasteiger partial charge in [-0.15, -0.1) is 0 Å². The summed E-state index contributed by atoms with van der Waals surface area (Å²) in [5, 5.41) is 0. The lowest BCUT2D eigenvalue weighted by molar-refractivity contribution is -0.120. The summed E-state index contributed by atoms with van der Waals surface area (Å²) in [6.45, 7) is 2.11. The van der Waals surface area contributed by atoms with Crippen LogP contribution in [0.2, 0.25) is 0 Å². The number of ether oxygens (including phenoxy) is 2. The van der Waals surface area contributed by atoms with Crippen molar-refractivity contribution in [3.63, 3.8) is 0 Å². The number of Topliss-reactive ketones (excluding diaryl/α,β-unsaturated/α-hetero) is 1. The number of aryl methyl sites for hydroxylation is 1. The maximum absolute atomic E-state index is 12.6. The van der Waals surface area contributed by atoms with Gasteiger partial charge in [0.25, 0.3) is 5.91 Å². The molecule has 0 bridgehead atoms. The number of amides is 1. The normalized spacial score (nSPS) is 13.1. The number of carbonyl (C=O) groups is 2. The van der Waals surface area contributed by atoms with E-state index in [2.05, 4.69) is 6.07 Å². The van der Waals surface area contributed by atoms with Crippen molar-refractivity contribution in [2.24, 2.45) is 0 Å². The maximum atomic E-state index is 12.6. The number of anilines is 1. The van der Waals surface area contributed by atoms with E-state index in [-0.39, 0.29) is 18.3 Å². The summed E-state index contributed by atoms with van der Waals surface area (Å²) < 4.78 is 10.9. The molecule has 0 saturated heterocycles. The molecule has 1 amide bonds. The zero-order valence-corrected chi connectivity index (χ0v) is 14.5. The molecular weight excluding hydrogens is 318 g/mol. The molecule has 0 saturated carbocycles. The molecule has 0 radical (unpaired) electrons. The lowest BCUT2D eigenvalue weighted by Crippen LogP contribution is -2.38. The Morgan fingerprint density at radius 1 is 1.12 bits per heavy atom. The number of para-hydroxylation sites is 1. The highest BCUT2D eigenvalue weighted by Gasteiger charge is 2.22. The quantitative estimate of drug-likeness (QED) is 0.785. The van der Waals surface area contributed by atoms with Crippen LogP contribution in [0.25, 0.3) is 0 Å². The van der Waals surface area contributed by atoms with Crippen LogP contribution in [0.3, 0.4) is 0 Å². The number of nitrogens with zero attached hydrogens (tertiary/aromatic N) is 1. The third-order valence-electron chi connectivity index (χ3n) is 4.33. The fraction of sp³-hybridized carbons (Fsp3) is 0.300. The number of benzene rings is 2. The van der Waals surface area contributed by atoms with Gasteiger partial charge < -0.3 is 14.4 Å². The molecule has 130 valence electrons. The first-order valence-corrected chi connectivity index (χ1v) is 8.30. The first-order chi connectivity index (χ1) is 12.1. The standard InChI is InChI=1S/C20H21NO4/c1-14(22)16-9-10-18(19(12-16)24-2)25-13-20(23)21-11-5-7-15-6-3-4-8-17(15)21/h3-4,6,8-10,12H,5,7,11,13H2,1-2H3. The molecule has 5 heteroatoms. The van der Waals surface area contributed by atoms with Gasteiger partial charge in [-0.25, -0.2) is 0 Å². The Bertz CT molecular complexity index is 800. The molecule has 5 nitrogen and oxygen atoms in total. The summed E-state index contributed by atoms with van der Waals surface area (Å²) in [6.07, 6.45) is 1.93. The van der Waals surface area contributed by atoms with Crippen molar-refractivity contribution in [3.8, 4) is 11.5 Å². The molecule has 25 heavy (non-hydrogen) atoms. The fourth-order valence-electron chi connectivity index (χ4n) is 3.02. The zero-order chi connectivity index (χ0) is 17.8. The van der Waals surface area contributed by atoms with Crippen LogP contribution < -0.4 is 14.4 Å². The van der Waals surface area contributed by atoms with E-state index in [1.54, 1.807) is 23.1 Å². The second-order valence-electron chi connectivity index (χ2n) is 5.99. The van der Waals surface area contributed by atoms with Crippen LogP contribution in [0.5, 0.6) is 11.5 Å². The minimum Gasteiger partial charge on any atom is -0.493 e. The summed E-state index contributed by atoms with van der Waals surface area (Å²) in [5.41, 5.74) is 2.69. The molecule has 1 heterocycles. The van der Waals surface area contributed by atoms with E-state index < -0.39 is 0 Å². The third-order valence-corrected chi connectivity index (χ3v) is 4.33. The number of hydrogen-bond acceptors (Lipinski definition) is 4. The first kappa shape index (κ1) is 17.0. The van der Waals surface area contributed by atoms with Crippen LogP contribution in [-0.4, -0.2) is 32.0 Å². The highest BCUT2D eigenvalue weighted by atomic mass is 16.5. The van der Waals surface area contributed by atoms with E-state index in [9.17, 15) is 9.59 Å². The summed E-state index contributed by atoms with van der Waals surface area (Å²) >= 11 is 0. The van der Waals surface area contributed by atoms with Crippen LogP contribution in [0.15, 0.2) is 42.5 Å². The number of rotatable bonds is 5. The van der Waals surface area contributed by atoms with E-state index in [0.717, 1.165) is 18.5 Å². The van der Waals surface area contributed by atoms with Crippen LogP contribution >= 0.6 is 0 Å².